The minimum absolute atomic E-state index is 0.0767. The van der Waals surface area contributed by atoms with Crippen LogP contribution in [0.5, 0.6) is 0 Å². The van der Waals surface area contributed by atoms with E-state index in [9.17, 15) is 13.2 Å². The topological polar surface area (TPSA) is 79.6 Å². The van der Waals surface area contributed by atoms with Crippen molar-refractivity contribution in [3.8, 4) is 0 Å². The molecule has 8 heteroatoms. The fourth-order valence-electron chi connectivity index (χ4n) is 3.90. The average molecular weight is 459 g/mol. The van der Waals surface area contributed by atoms with Gasteiger partial charge in [-0.3, -0.25) is 9.69 Å². The Morgan fingerprint density at radius 1 is 1.23 bits per heavy atom. The van der Waals surface area contributed by atoms with Gasteiger partial charge in [-0.2, -0.15) is 0 Å². The summed E-state index contributed by atoms with van der Waals surface area (Å²) in [6.45, 7) is 2.54. The summed E-state index contributed by atoms with van der Waals surface area (Å²) in [7, 11) is -3.06. The second-order valence-electron chi connectivity index (χ2n) is 7.97. The second kappa shape index (κ2) is 9.38. The summed E-state index contributed by atoms with van der Waals surface area (Å²) >= 11 is 1.60. The number of sulfone groups is 1. The van der Waals surface area contributed by atoms with Gasteiger partial charge < -0.3 is 9.73 Å². The molecule has 0 saturated carbocycles. The number of thiophene rings is 1. The maximum atomic E-state index is 13.1. The minimum atomic E-state index is -3.06. The lowest BCUT2D eigenvalue weighted by Gasteiger charge is -2.27. The quantitative estimate of drug-likeness (QED) is 0.559. The van der Waals surface area contributed by atoms with Gasteiger partial charge in [-0.1, -0.05) is 35.9 Å². The van der Waals surface area contributed by atoms with Crippen molar-refractivity contribution in [1.82, 2.24) is 10.2 Å². The van der Waals surface area contributed by atoms with Gasteiger partial charge in [-0.15, -0.1) is 11.3 Å². The average Bonchev–Trinajstić information content (AvgIpc) is 3.49. The molecule has 1 aliphatic heterocycles. The van der Waals surface area contributed by atoms with Crippen molar-refractivity contribution in [3.63, 3.8) is 0 Å². The molecule has 0 radical (unpaired) electrons. The summed E-state index contributed by atoms with van der Waals surface area (Å²) < 4.78 is 29.5. The van der Waals surface area contributed by atoms with Crippen molar-refractivity contribution < 1.29 is 17.6 Å². The molecule has 0 aliphatic carbocycles. The molecular weight excluding hydrogens is 432 g/mol. The number of benzene rings is 1. The first-order valence-electron chi connectivity index (χ1n) is 10.3. The van der Waals surface area contributed by atoms with E-state index in [1.807, 2.05) is 59.7 Å². The van der Waals surface area contributed by atoms with Gasteiger partial charge >= 0.3 is 0 Å². The van der Waals surface area contributed by atoms with Crippen LogP contribution in [0, 0.1) is 6.92 Å². The molecule has 0 unspecified atom stereocenters. The fourth-order valence-corrected chi connectivity index (χ4v) is 6.47. The van der Waals surface area contributed by atoms with Crippen molar-refractivity contribution in [2.75, 3.05) is 18.1 Å². The molecule has 1 amide bonds. The molecule has 1 saturated heterocycles. The zero-order valence-corrected chi connectivity index (χ0v) is 19.0. The highest BCUT2D eigenvalue weighted by Crippen LogP contribution is 2.27. The van der Waals surface area contributed by atoms with Crippen molar-refractivity contribution in [1.29, 1.82) is 0 Å². The summed E-state index contributed by atoms with van der Waals surface area (Å²) in [5.41, 5.74) is 2.18. The number of amides is 1. The number of carbonyl (C=O) groups excluding carboxylic acids is 1. The Morgan fingerprint density at radius 3 is 2.65 bits per heavy atom. The Labute approximate surface area is 186 Å². The minimum Gasteiger partial charge on any atom is -0.468 e. The smallest absolute Gasteiger partial charge is 0.234 e. The van der Waals surface area contributed by atoms with Crippen LogP contribution in [0.2, 0.25) is 0 Å². The number of nitrogens with zero attached hydrogens (tertiary/aromatic N) is 1. The van der Waals surface area contributed by atoms with Gasteiger partial charge in [0, 0.05) is 10.9 Å². The number of carbonyl (C=O) groups is 1. The van der Waals surface area contributed by atoms with Gasteiger partial charge in [0.15, 0.2) is 9.84 Å². The lowest BCUT2D eigenvalue weighted by molar-refractivity contribution is -0.123. The molecule has 3 aromatic rings. The van der Waals surface area contributed by atoms with Crippen LogP contribution >= 0.6 is 11.3 Å². The first-order valence-corrected chi connectivity index (χ1v) is 13.0. The van der Waals surface area contributed by atoms with Gasteiger partial charge in [0.2, 0.25) is 5.91 Å². The number of hydrogen-bond donors (Lipinski definition) is 1. The molecule has 1 fully saturated rings. The van der Waals surface area contributed by atoms with Crippen LogP contribution in [0.25, 0.3) is 0 Å². The third-order valence-corrected chi connectivity index (χ3v) is 8.24. The van der Waals surface area contributed by atoms with Crippen LogP contribution in [-0.2, 0) is 21.2 Å². The van der Waals surface area contributed by atoms with E-state index in [1.54, 1.807) is 23.7 Å². The summed E-state index contributed by atoms with van der Waals surface area (Å²) in [4.78, 5) is 16.1. The van der Waals surface area contributed by atoms with Crippen LogP contribution in [0.15, 0.2) is 64.6 Å². The van der Waals surface area contributed by atoms with Crippen LogP contribution in [0.3, 0.4) is 0 Å². The third kappa shape index (κ3) is 5.64. The van der Waals surface area contributed by atoms with Gasteiger partial charge in [0.1, 0.15) is 5.76 Å². The molecule has 6 nitrogen and oxygen atoms in total. The van der Waals surface area contributed by atoms with Gasteiger partial charge in [0.25, 0.3) is 0 Å². The highest BCUT2D eigenvalue weighted by molar-refractivity contribution is 7.91. The number of hydrogen-bond acceptors (Lipinski definition) is 6. The summed E-state index contributed by atoms with van der Waals surface area (Å²) in [5.74, 6) is 0.808. The van der Waals surface area contributed by atoms with E-state index in [-0.39, 0.29) is 36.0 Å². The normalized spacial score (nSPS) is 18.8. The summed E-state index contributed by atoms with van der Waals surface area (Å²) in [6, 6.07) is 15.3. The largest absolute Gasteiger partial charge is 0.468 e. The predicted octanol–water partition coefficient (Wildman–Crippen LogP) is 3.54. The molecule has 2 atom stereocenters. The monoisotopic (exact) mass is 458 g/mol. The number of nitrogens with one attached hydrogen (secondary N) is 1. The van der Waals surface area contributed by atoms with E-state index in [0.717, 1.165) is 16.0 Å². The van der Waals surface area contributed by atoms with Crippen molar-refractivity contribution in [2.24, 2.45) is 0 Å². The third-order valence-electron chi connectivity index (χ3n) is 5.55. The van der Waals surface area contributed by atoms with Gasteiger partial charge in [-0.25, -0.2) is 8.42 Å². The second-order valence-corrected chi connectivity index (χ2v) is 11.2. The molecular formula is C23H26N2O4S2. The summed E-state index contributed by atoms with van der Waals surface area (Å²) in [6.07, 6.45) is 2.12. The first kappa shape index (κ1) is 21.8. The van der Waals surface area contributed by atoms with Gasteiger partial charge in [-0.05, 0) is 42.5 Å². The standard InChI is InChI=1S/C23H26N2O4S2/c1-17-6-8-18(9-7-17)23(21-5-3-12-30-21)24-22(26)15-25(14-20-4-2-11-29-20)19-10-13-31(27,28)16-19/h2-9,11-12,19,23H,10,13-16H2,1H3,(H,24,26)/t19-,23+/m1/s1. The number of rotatable bonds is 8. The number of furan rings is 1. The highest BCUT2D eigenvalue weighted by Gasteiger charge is 2.34. The van der Waals surface area contributed by atoms with E-state index < -0.39 is 9.84 Å². The maximum Gasteiger partial charge on any atom is 0.234 e. The van der Waals surface area contributed by atoms with Crippen LogP contribution in [0.1, 0.15) is 34.2 Å². The van der Waals surface area contributed by atoms with Crippen LogP contribution < -0.4 is 5.32 Å². The fraction of sp³-hybridized carbons (Fsp3) is 0.348. The SMILES string of the molecule is Cc1ccc([C@H](NC(=O)CN(Cc2ccco2)[C@@H]2CCS(=O)(=O)C2)c2cccs2)cc1. The molecule has 3 heterocycles. The van der Waals surface area contributed by atoms with Crippen molar-refractivity contribution in [2.45, 2.75) is 32.0 Å². The maximum absolute atomic E-state index is 13.1. The molecule has 1 aromatic carbocycles. The molecule has 31 heavy (non-hydrogen) atoms. The van der Waals surface area contributed by atoms with E-state index in [2.05, 4.69) is 5.32 Å². The zero-order valence-electron chi connectivity index (χ0n) is 17.4. The van der Waals surface area contributed by atoms with Crippen LogP contribution in [0.4, 0.5) is 0 Å². The van der Waals surface area contributed by atoms with E-state index >= 15 is 0 Å². The van der Waals surface area contributed by atoms with E-state index in [1.165, 1.54) is 0 Å². The highest BCUT2D eigenvalue weighted by atomic mass is 32.2. The molecule has 4 rings (SSSR count). The first-order chi connectivity index (χ1) is 14.9. The molecule has 2 aromatic heterocycles. The Balaban J connectivity index is 1.51. The Morgan fingerprint density at radius 2 is 2.03 bits per heavy atom. The predicted molar refractivity (Wildman–Crippen MR) is 122 cm³/mol. The van der Waals surface area contributed by atoms with Crippen LogP contribution in [-0.4, -0.2) is 43.3 Å². The molecule has 1 aliphatic rings. The van der Waals surface area contributed by atoms with Crippen molar-refractivity contribution >= 4 is 27.1 Å². The molecule has 0 spiro atoms. The van der Waals surface area contributed by atoms with E-state index in [4.69, 9.17) is 4.42 Å². The molecule has 0 bridgehead atoms. The molecule has 164 valence electrons. The zero-order chi connectivity index (χ0) is 21.8. The van der Waals surface area contributed by atoms with Crippen molar-refractivity contribution in [3.05, 3.63) is 81.9 Å². The molecule has 1 N–H and O–H groups in total. The Bertz CT molecular complexity index is 1090. The van der Waals surface area contributed by atoms with Gasteiger partial charge in [0.05, 0.1) is 36.9 Å². The lowest BCUT2D eigenvalue weighted by Crippen LogP contribution is -2.44. The van der Waals surface area contributed by atoms with E-state index in [0.29, 0.717) is 18.7 Å². The number of aryl methyl sites for hydroxylation is 1. The summed E-state index contributed by atoms with van der Waals surface area (Å²) in [5, 5.41) is 5.15. The lowest BCUT2D eigenvalue weighted by atomic mass is 10.0. The Kier molecular flexibility index (Phi) is 6.60. The Hall–Kier alpha value is -2.42.